The number of ether oxygens (including phenoxy) is 1. The Balaban J connectivity index is 1.91. The van der Waals surface area contributed by atoms with Crippen LogP contribution in [0, 0.1) is 5.92 Å². The number of hydrogen-bond donors (Lipinski definition) is 0. The molecular weight excluding hydrogens is 144 g/mol. The lowest BCUT2D eigenvalue weighted by Gasteiger charge is -2.14. The molecule has 2 bridgehead atoms. The van der Waals surface area contributed by atoms with E-state index in [0.29, 0.717) is 0 Å². The Hall–Kier alpha value is 0.310. The van der Waals surface area contributed by atoms with Crippen molar-refractivity contribution in [3.63, 3.8) is 0 Å². The zero-order valence-corrected chi connectivity index (χ0v) is 7.03. The Morgan fingerprint density at radius 1 is 1.40 bits per heavy atom. The molecule has 2 fully saturated rings. The van der Waals surface area contributed by atoms with Gasteiger partial charge in [-0.25, -0.2) is 0 Å². The molecule has 58 valence electrons. The minimum atomic E-state index is 0.838. The average molecular weight is 158 g/mol. The molecule has 0 radical (unpaired) electrons. The molecule has 10 heavy (non-hydrogen) atoms. The standard InChI is InChI=1S/C8H14OS/c1-2-7-4-8(10-6-7)5-9-3-1/h7-8H,1-6H2. The van der Waals surface area contributed by atoms with Crippen LogP contribution in [0.15, 0.2) is 0 Å². The van der Waals surface area contributed by atoms with Gasteiger partial charge in [0.2, 0.25) is 0 Å². The summed E-state index contributed by atoms with van der Waals surface area (Å²) in [6.45, 7) is 2.02. The average Bonchev–Trinajstić information content (AvgIpc) is 2.30. The van der Waals surface area contributed by atoms with Gasteiger partial charge in [0.05, 0.1) is 6.61 Å². The van der Waals surface area contributed by atoms with E-state index in [1.165, 1.54) is 25.0 Å². The summed E-state index contributed by atoms with van der Waals surface area (Å²) < 4.78 is 5.48. The molecule has 2 atom stereocenters. The van der Waals surface area contributed by atoms with Gasteiger partial charge in [-0.2, -0.15) is 11.8 Å². The second kappa shape index (κ2) is 3.14. The second-order valence-corrected chi connectivity index (χ2v) is 4.61. The largest absolute Gasteiger partial charge is 0.380 e. The Labute approximate surface area is 66.5 Å². The molecule has 2 aliphatic rings. The van der Waals surface area contributed by atoms with Gasteiger partial charge in [-0.15, -0.1) is 0 Å². The van der Waals surface area contributed by atoms with Crippen LogP contribution in [0.1, 0.15) is 19.3 Å². The maximum Gasteiger partial charge on any atom is 0.0585 e. The summed E-state index contributed by atoms with van der Waals surface area (Å²) >= 11 is 2.11. The minimum absolute atomic E-state index is 0.838. The molecule has 2 rings (SSSR count). The molecule has 0 aromatic carbocycles. The van der Waals surface area contributed by atoms with Crippen LogP contribution in [-0.4, -0.2) is 24.2 Å². The van der Waals surface area contributed by atoms with Gasteiger partial charge in [0, 0.05) is 11.9 Å². The van der Waals surface area contributed by atoms with Crippen LogP contribution in [0.3, 0.4) is 0 Å². The van der Waals surface area contributed by atoms with E-state index in [4.69, 9.17) is 4.74 Å². The molecule has 0 N–H and O–H groups in total. The zero-order valence-electron chi connectivity index (χ0n) is 6.21. The molecule has 2 aliphatic heterocycles. The third-order valence-electron chi connectivity index (χ3n) is 2.37. The van der Waals surface area contributed by atoms with E-state index in [2.05, 4.69) is 11.8 Å². The maximum atomic E-state index is 5.48. The smallest absolute Gasteiger partial charge is 0.0585 e. The molecular formula is C8H14OS. The van der Waals surface area contributed by atoms with Gasteiger partial charge >= 0.3 is 0 Å². The van der Waals surface area contributed by atoms with Crippen LogP contribution in [0.25, 0.3) is 0 Å². The van der Waals surface area contributed by atoms with Crippen molar-refractivity contribution in [3.8, 4) is 0 Å². The van der Waals surface area contributed by atoms with Crippen LogP contribution in [0.5, 0.6) is 0 Å². The van der Waals surface area contributed by atoms with E-state index in [-0.39, 0.29) is 0 Å². The third kappa shape index (κ3) is 1.48. The predicted octanol–water partition coefficient (Wildman–Crippen LogP) is 1.92. The van der Waals surface area contributed by atoms with Gasteiger partial charge in [0.25, 0.3) is 0 Å². The summed E-state index contributed by atoms with van der Waals surface area (Å²) in [6, 6.07) is 0. The summed E-state index contributed by atoms with van der Waals surface area (Å²) in [6.07, 6.45) is 4.12. The van der Waals surface area contributed by atoms with Gasteiger partial charge in [0.15, 0.2) is 0 Å². The van der Waals surface area contributed by atoms with E-state index in [9.17, 15) is 0 Å². The van der Waals surface area contributed by atoms with Gasteiger partial charge in [0.1, 0.15) is 0 Å². The summed E-state index contributed by atoms with van der Waals surface area (Å²) in [7, 11) is 0. The van der Waals surface area contributed by atoms with Gasteiger partial charge in [-0.05, 0) is 30.9 Å². The lowest BCUT2D eigenvalue weighted by Crippen LogP contribution is -2.14. The lowest BCUT2D eigenvalue weighted by molar-refractivity contribution is 0.115. The van der Waals surface area contributed by atoms with Crippen molar-refractivity contribution >= 4 is 11.8 Å². The SMILES string of the molecule is C1COCC2CC(C1)CS2. The number of hydrogen-bond acceptors (Lipinski definition) is 2. The Kier molecular flexibility index (Phi) is 2.19. The van der Waals surface area contributed by atoms with Crippen LogP contribution in [0.4, 0.5) is 0 Å². The maximum absolute atomic E-state index is 5.48. The van der Waals surface area contributed by atoms with Crippen molar-refractivity contribution in [3.05, 3.63) is 0 Å². The molecule has 0 amide bonds. The fourth-order valence-electron chi connectivity index (χ4n) is 1.79. The van der Waals surface area contributed by atoms with Crippen LogP contribution in [0.2, 0.25) is 0 Å². The third-order valence-corrected chi connectivity index (χ3v) is 3.83. The quantitative estimate of drug-likeness (QED) is 0.532. The topological polar surface area (TPSA) is 9.23 Å². The monoisotopic (exact) mass is 158 g/mol. The normalized spacial score (nSPS) is 40.8. The van der Waals surface area contributed by atoms with Crippen molar-refractivity contribution < 1.29 is 4.74 Å². The van der Waals surface area contributed by atoms with Crippen molar-refractivity contribution in [2.45, 2.75) is 24.5 Å². The molecule has 2 heterocycles. The first-order valence-electron chi connectivity index (χ1n) is 4.14. The lowest BCUT2D eigenvalue weighted by atomic mass is 9.99. The number of rotatable bonds is 0. The van der Waals surface area contributed by atoms with E-state index >= 15 is 0 Å². The Morgan fingerprint density at radius 2 is 2.40 bits per heavy atom. The van der Waals surface area contributed by atoms with Crippen molar-refractivity contribution in [2.75, 3.05) is 19.0 Å². The highest BCUT2D eigenvalue weighted by Gasteiger charge is 2.26. The molecule has 0 aliphatic carbocycles. The molecule has 2 saturated heterocycles. The molecule has 0 aromatic heterocycles. The second-order valence-electron chi connectivity index (χ2n) is 3.27. The van der Waals surface area contributed by atoms with Gasteiger partial charge in [-0.3, -0.25) is 0 Å². The zero-order chi connectivity index (χ0) is 6.81. The molecule has 1 nitrogen and oxygen atoms in total. The molecule has 0 saturated carbocycles. The van der Waals surface area contributed by atoms with E-state index < -0.39 is 0 Å². The number of thioether (sulfide) groups is 1. The molecule has 0 spiro atoms. The van der Waals surface area contributed by atoms with Crippen LogP contribution in [-0.2, 0) is 4.74 Å². The summed E-state index contributed by atoms with van der Waals surface area (Å²) in [5.74, 6) is 2.42. The Morgan fingerprint density at radius 3 is 3.40 bits per heavy atom. The highest BCUT2D eigenvalue weighted by atomic mass is 32.2. The van der Waals surface area contributed by atoms with Crippen molar-refractivity contribution in [2.24, 2.45) is 5.92 Å². The highest BCUT2D eigenvalue weighted by Crippen LogP contribution is 2.35. The molecule has 2 heteroatoms. The summed E-state index contributed by atoms with van der Waals surface area (Å²) in [5.41, 5.74) is 0. The van der Waals surface area contributed by atoms with E-state index in [1.807, 2.05) is 0 Å². The van der Waals surface area contributed by atoms with E-state index in [1.54, 1.807) is 0 Å². The summed E-state index contributed by atoms with van der Waals surface area (Å²) in [5, 5.41) is 0.838. The Bertz CT molecular complexity index is 104. The predicted molar refractivity (Wildman–Crippen MR) is 44.4 cm³/mol. The fraction of sp³-hybridized carbons (Fsp3) is 1.00. The highest BCUT2D eigenvalue weighted by molar-refractivity contribution is 8.00. The molecule has 2 unspecified atom stereocenters. The first-order valence-corrected chi connectivity index (χ1v) is 5.19. The van der Waals surface area contributed by atoms with Crippen LogP contribution >= 0.6 is 11.8 Å². The van der Waals surface area contributed by atoms with Gasteiger partial charge in [-0.1, -0.05) is 0 Å². The minimum Gasteiger partial charge on any atom is -0.380 e. The van der Waals surface area contributed by atoms with Crippen molar-refractivity contribution in [1.29, 1.82) is 0 Å². The first-order chi connectivity index (χ1) is 4.95. The van der Waals surface area contributed by atoms with Crippen molar-refractivity contribution in [1.82, 2.24) is 0 Å². The number of fused-ring (bicyclic) bond motifs is 2. The molecule has 0 aromatic rings. The van der Waals surface area contributed by atoms with Gasteiger partial charge < -0.3 is 4.74 Å². The van der Waals surface area contributed by atoms with Crippen LogP contribution < -0.4 is 0 Å². The van der Waals surface area contributed by atoms with E-state index in [0.717, 1.165) is 24.4 Å². The fourth-order valence-corrected chi connectivity index (χ4v) is 3.23. The first kappa shape index (κ1) is 6.99. The summed E-state index contributed by atoms with van der Waals surface area (Å²) in [4.78, 5) is 0.